The number of hydrogen-bond acceptors (Lipinski definition) is 4. The molecule has 0 aliphatic carbocycles. The zero-order valence-corrected chi connectivity index (χ0v) is 12.5. The molecule has 1 unspecified atom stereocenters. The molecule has 0 radical (unpaired) electrons. The summed E-state index contributed by atoms with van der Waals surface area (Å²) in [5.74, 6) is 0. The molecule has 1 aromatic rings. The quantitative estimate of drug-likeness (QED) is 0.837. The number of benzene rings is 1. The molecule has 5 atom stereocenters. The van der Waals surface area contributed by atoms with E-state index in [4.69, 9.17) is 30.5 Å². The second-order valence-corrected chi connectivity index (χ2v) is 5.66. The topological polar surface area (TPSA) is 36.9 Å². The molecular weight excluding hydrogens is 299 g/mol. The largest absolute Gasteiger partial charge is 0.376 e. The second kappa shape index (κ2) is 6.58. The first-order valence-corrected chi connectivity index (χ1v) is 7.35. The van der Waals surface area contributed by atoms with E-state index in [0.29, 0.717) is 18.1 Å². The number of rotatable bonds is 5. The lowest BCUT2D eigenvalue weighted by atomic mass is 10.0. The Morgan fingerprint density at radius 3 is 2.81 bits per heavy atom. The van der Waals surface area contributed by atoms with Crippen molar-refractivity contribution < 1.29 is 23.3 Å². The van der Waals surface area contributed by atoms with Gasteiger partial charge in [0.25, 0.3) is 0 Å². The molecule has 2 aliphatic rings. The number of ether oxygens (including phenoxy) is 4. The highest BCUT2D eigenvalue weighted by Crippen LogP contribution is 2.35. The van der Waals surface area contributed by atoms with E-state index in [1.165, 1.54) is 0 Å². The number of methoxy groups -OCH3 is 1. The Labute approximate surface area is 128 Å². The van der Waals surface area contributed by atoms with Crippen LogP contribution in [0.25, 0.3) is 0 Å². The Morgan fingerprint density at radius 2 is 2.10 bits per heavy atom. The zero-order valence-electron chi connectivity index (χ0n) is 11.7. The van der Waals surface area contributed by atoms with Crippen LogP contribution in [0.1, 0.15) is 12.0 Å². The van der Waals surface area contributed by atoms with Gasteiger partial charge in [0.2, 0.25) is 0 Å². The van der Waals surface area contributed by atoms with E-state index in [9.17, 15) is 4.39 Å². The zero-order chi connectivity index (χ0) is 14.8. The normalized spacial score (nSPS) is 35.1. The summed E-state index contributed by atoms with van der Waals surface area (Å²) < 4.78 is 35.5. The summed E-state index contributed by atoms with van der Waals surface area (Å²) in [6.07, 6.45) is -1.38. The van der Waals surface area contributed by atoms with Gasteiger partial charge in [-0.2, -0.15) is 0 Å². The van der Waals surface area contributed by atoms with Gasteiger partial charge in [0.1, 0.15) is 25.0 Å². The number of alkyl halides is 1. The predicted octanol–water partition coefficient (Wildman–Crippen LogP) is 2.72. The summed E-state index contributed by atoms with van der Waals surface area (Å²) >= 11 is 6.11. The van der Waals surface area contributed by atoms with Crippen molar-refractivity contribution in [1.82, 2.24) is 0 Å². The minimum atomic E-state index is -0.594. The van der Waals surface area contributed by atoms with Crippen LogP contribution in [0.15, 0.2) is 24.3 Å². The third kappa shape index (κ3) is 3.07. The molecule has 1 aromatic carbocycles. The summed E-state index contributed by atoms with van der Waals surface area (Å²) in [5, 5.41) is 0.653. The SMILES string of the molecule is CO[C@@H]1C[C@H](OCc2ccccc2Cl)[C@@H]2OC1O[C@H]2CF. The lowest BCUT2D eigenvalue weighted by Gasteiger charge is -2.33. The Balaban J connectivity index is 1.67. The molecule has 116 valence electrons. The highest BCUT2D eigenvalue weighted by atomic mass is 35.5. The molecule has 0 saturated carbocycles. The fraction of sp³-hybridized carbons (Fsp3) is 0.600. The van der Waals surface area contributed by atoms with Gasteiger partial charge in [0.15, 0.2) is 6.29 Å². The first-order chi connectivity index (χ1) is 10.2. The van der Waals surface area contributed by atoms with Crippen LogP contribution >= 0.6 is 11.6 Å². The Morgan fingerprint density at radius 1 is 1.29 bits per heavy atom. The van der Waals surface area contributed by atoms with Crippen LogP contribution in [0.2, 0.25) is 5.02 Å². The summed E-state index contributed by atoms with van der Waals surface area (Å²) in [6.45, 7) is -0.242. The molecule has 0 aromatic heterocycles. The van der Waals surface area contributed by atoms with Gasteiger partial charge >= 0.3 is 0 Å². The highest BCUT2D eigenvalue weighted by molar-refractivity contribution is 6.31. The standard InChI is InChI=1S/C15H18ClFO4/c1-18-12-6-11(14-13(7-17)20-15(12)21-14)19-8-9-4-2-3-5-10(9)16/h2-5,11-15H,6-8H2,1H3/t11-,12+,13-,14-,15?/m0/s1. The number of fused-ring (bicyclic) bond motifs is 2. The fourth-order valence-corrected chi connectivity index (χ4v) is 3.00. The third-order valence-electron chi connectivity index (χ3n) is 3.97. The van der Waals surface area contributed by atoms with Crippen LogP contribution in [0, 0.1) is 0 Å². The first kappa shape index (κ1) is 15.2. The number of hydrogen-bond donors (Lipinski definition) is 0. The average molecular weight is 317 g/mol. The smallest absolute Gasteiger partial charge is 0.184 e. The Kier molecular flexibility index (Phi) is 4.76. The Bertz CT molecular complexity index is 484. The van der Waals surface area contributed by atoms with E-state index >= 15 is 0 Å². The van der Waals surface area contributed by atoms with Crippen LogP contribution in [-0.4, -0.2) is 44.5 Å². The van der Waals surface area contributed by atoms with Crippen LogP contribution < -0.4 is 0 Å². The maximum absolute atomic E-state index is 13.0. The van der Waals surface area contributed by atoms with Gasteiger partial charge in [-0.3, -0.25) is 0 Å². The van der Waals surface area contributed by atoms with Crippen molar-refractivity contribution in [3.05, 3.63) is 34.9 Å². The van der Waals surface area contributed by atoms with Crippen molar-refractivity contribution in [2.45, 2.75) is 43.7 Å². The molecule has 2 aliphatic heterocycles. The van der Waals surface area contributed by atoms with Crippen molar-refractivity contribution in [3.8, 4) is 0 Å². The van der Waals surface area contributed by atoms with E-state index in [-0.39, 0.29) is 12.2 Å². The summed E-state index contributed by atoms with van der Waals surface area (Å²) in [7, 11) is 1.59. The van der Waals surface area contributed by atoms with Crippen molar-refractivity contribution in [3.63, 3.8) is 0 Å². The first-order valence-electron chi connectivity index (χ1n) is 6.97. The van der Waals surface area contributed by atoms with Crippen LogP contribution in [-0.2, 0) is 25.6 Å². The molecule has 2 saturated heterocycles. The molecular formula is C15H18ClFO4. The second-order valence-electron chi connectivity index (χ2n) is 5.25. The molecule has 4 nitrogen and oxygen atoms in total. The van der Waals surface area contributed by atoms with E-state index in [0.717, 1.165) is 5.56 Å². The van der Waals surface area contributed by atoms with E-state index in [1.54, 1.807) is 7.11 Å². The van der Waals surface area contributed by atoms with Gasteiger partial charge in [-0.1, -0.05) is 29.8 Å². The minimum Gasteiger partial charge on any atom is -0.376 e. The van der Waals surface area contributed by atoms with Gasteiger partial charge in [-0.05, 0) is 11.6 Å². The van der Waals surface area contributed by atoms with Gasteiger partial charge in [-0.25, -0.2) is 4.39 Å². The van der Waals surface area contributed by atoms with Crippen LogP contribution in [0.4, 0.5) is 4.39 Å². The molecule has 0 N–H and O–H groups in total. The van der Waals surface area contributed by atoms with Gasteiger partial charge in [0.05, 0.1) is 12.7 Å². The van der Waals surface area contributed by atoms with Crippen molar-refractivity contribution in [1.29, 1.82) is 0 Å². The molecule has 2 fully saturated rings. The van der Waals surface area contributed by atoms with Crippen molar-refractivity contribution in [2.75, 3.05) is 13.8 Å². The summed E-state index contributed by atoms with van der Waals surface area (Å²) in [6, 6.07) is 7.49. The van der Waals surface area contributed by atoms with Crippen LogP contribution in [0.5, 0.6) is 0 Å². The predicted molar refractivity (Wildman–Crippen MR) is 75.0 cm³/mol. The van der Waals surface area contributed by atoms with Gasteiger partial charge < -0.3 is 18.9 Å². The van der Waals surface area contributed by atoms with Gasteiger partial charge in [0, 0.05) is 18.6 Å². The molecule has 0 amide bonds. The molecule has 3 rings (SSSR count). The number of halogens is 2. The molecule has 2 bridgehead atoms. The fourth-order valence-electron chi connectivity index (χ4n) is 2.81. The summed E-state index contributed by atoms with van der Waals surface area (Å²) in [4.78, 5) is 0. The maximum atomic E-state index is 13.0. The molecule has 2 heterocycles. The van der Waals surface area contributed by atoms with Crippen molar-refractivity contribution >= 4 is 11.6 Å². The minimum absolute atomic E-state index is 0.242. The third-order valence-corrected chi connectivity index (χ3v) is 4.34. The van der Waals surface area contributed by atoms with Gasteiger partial charge in [-0.15, -0.1) is 0 Å². The monoisotopic (exact) mass is 316 g/mol. The van der Waals surface area contributed by atoms with E-state index in [1.807, 2.05) is 24.3 Å². The maximum Gasteiger partial charge on any atom is 0.184 e. The molecule has 21 heavy (non-hydrogen) atoms. The Hall–Kier alpha value is -0.720. The van der Waals surface area contributed by atoms with E-state index < -0.39 is 25.2 Å². The molecule has 6 heteroatoms. The van der Waals surface area contributed by atoms with Crippen molar-refractivity contribution in [2.24, 2.45) is 0 Å². The van der Waals surface area contributed by atoms with E-state index in [2.05, 4.69) is 0 Å². The average Bonchev–Trinajstić information content (AvgIpc) is 2.87. The molecule has 0 spiro atoms. The lowest BCUT2D eigenvalue weighted by molar-refractivity contribution is -0.201. The van der Waals surface area contributed by atoms with Crippen LogP contribution in [0.3, 0.4) is 0 Å². The highest BCUT2D eigenvalue weighted by Gasteiger charge is 2.50. The lowest BCUT2D eigenvalue weighted by Crippen LogP contribution is -2.45. The summed E-state index contributed by atoms with van der Waals surface area (Å²) in [5.41, 5.74) is 0.894.